The van der Waals surface area contributed by atoms with Crippen LogP contribution in [-0.4, -0.2) is 47.9 Å². The number of rotatable bonds is 5. The third-order valence-corrected chi connectivity index (χ3v) is 6.34. The Bertz CT molecular complexity index is 879. The van der Waals surface area contributed by atoms with Crippen LogP contribution in [0.3, 0.4) is 0 Å². The van der Waals surface area contributed by atoms with Gasteiger partial charge in [0.05, 0.1) is 6.42 Å². The summed E-state index contributed by atoms with van der Waals surface area (Å²) >= 11 is 0. The minimum atomic E-state index is -0.642. The molecule has 0 spiro atoms. The first kappa shape index (κ1) is 20.7. The van der Waals surface area contributed by atoms with Crippen molar-refractivity contribution in [1.82, 2.24) is 9.80 Å². The lowest BCUT2D eigenvalue weighted by Crippen LogP contribution is -2.56. The molecule has 2 aromatic carbocycles. The highest BCUT2D eigenvalue weighted by molar-refractivity contribution is 5.79. The molecule has 0 unspecified atom stereocenters. The number of fused-ring (bicyclic) bond motifs is 1. The highest BCUT2D eigenvalue weighted by Gasteiger charge is 2.38. The Balaban J connectivity index is 1.35. The molecule has 2 atom stereocenters. The van der Waals surface area contributed by atoms with Crippen LogP contribution >= 0.6 is 0 Å². The SMILES string of the molecule is O=C(Cc1c(F)cccc1F)N1CCC[C@@H]2CN(C/C=C/c3ccccc3)CC[C@H]21. The molecule has 0 aromatic heterocycles. The van der Waals surface area contributed by atoms with Crippen molar-refractivity contribution in [3.8, 4) is 0 Å². The van der Waals surface area contributed by atoms with Gasteiger partial charge in [0.15, 0.2) is 0 Å². The quantitative estimate of drug-likeness (QED) is 0.723. The van der Waals surface area contributed by atoms with Crippen LogP contribution in [0.5, 0.6) is 0 Å². The number of hydrogen-bond acceptors (Lipinski definition) is 2. The minimum absolute atomic E-state index is 0.117. The van der Waals surface area contributed by atoms with Crippen LogP contribution in [0, 0.1) is 17.6 Å². The number of amides is 1. The fourth-order valence-corrected chi connectivity index (χ4v) is 4.81. The largest absolute Gasteiger partial charge is 0.339 e. The van der Waals surface area contributed by atoms with E-state index in [1.807, 2.05) is 23.1 Å². The van der Waals surface area contributed by atoms with Gasteiger partial charge in [0.2, 0.25) is 5.91 Å². The van der Waals surface area contributed by atoms with E-state index in [-0.39, 0.29) is 23.9 Å². The molecule has 0 aliphatic carbocycles. The second kappa shape index (κ2) is 9.52. The maximum Gasteiger partial charge on any atom is 0.227 e. The van der Waals surface area contributed by atoms with E-state index in [1.165, 1.54) is 23.8 Å². The second-order valence-corrected chi connectivity index (χ2v) is 8.30. The Kier molecular flexibility index (Phi) is 6.58. The zero-order chi connectivity index (χ0) is 20.9. The normalized spacial score (nSPS) is 22.3. The van der Waals surface area contributed by atoms with E-state index in [4.69, 9.17) is 0 Å². The van der Waals surface area contributed by atoms with Crippen LogP contribution in [0.25, 0.3) is 6.08 Å². The Morgan fingerprint density at radius 1 is 1.00 bits per heavy atom. The molecule has 2 saturated heterocycles. The highest BCUT2D eigenvalue weighted by Crippen LogP contribution is 2.31. The summed E-state index contributed by atoms with van der Waals surface area (Å²) in [7, 11) is 0. The van der Waals surface area contributed by atoms with Crippen LogP contribution < -0.4 is 0 Å². The van der Waals surface area contributed by atoms with Gasteiger partial charge in [-0.2, -0.15) is 0 Å². The minimum Gasteiger partial charge on any atom is -0.339 e. The van der Waals surface area contributed by atoms with Crippen LogP contribution in [0.15, 0.2) is 54.6 Å². The number of carbonyl (C=O) groups excluding carboxylic acids is 1. The highest BCUT2D eigenvalue weighted by atomic mass is 19.1. The average Bonchev–Trinajstić information content (AvgIpc) is 2.76. The van der Waals surface area contributed by atoms with Gasteiger partial charge < -0.3 is 4.90 Å². The number of likely N-dealkylation sites (tertiary alicyclic amines) is 2. The third-order valence-electron chi connectivity index (χ3n) is 6.34. The van der Waals surface area contributed by atoms with Gasteiger partial charge in [-0.3, -0.25) is 9.69 Å². The topological polar surface area (TPSA) is 23.6 Å². The van der Waals surface area contributed by atoms with Crippen LogP contribution in [0.4, 0.5) is 8.78 Å². The van der Waals surface area contributed by atoms with Gasteiger partial charge in [0.1, 0.15) is 11.6 Å². The van der Waals surface area contributed by atoms with Crippen LogP contribution in [0.1, 0.15) is 30.4 Å². The summed E-state index contributed by atoms with van der Waals surface area (Å²) in [4.78, 5) is 17.2. The number of piperidine rings is 2. The van der Waals surface area contributed by atoms with E-state index in [0.717, 1.165) is 38.9 Å². The summed E-state index contributed by atoms with van der Waals surface area (Å²) in [6, 6.07) is 14.2. The molecule has 3 nitrogen and oxygen atoms in total. The lowest BCUT2D eigenvalue weighted by molar-refractivity contribution is -0.137. The van der Waals surface area contributed by atoms with Crippen molar-refractivity contribution in [2.75, 3.05) is 26.2 Å². The van der Waals surface area contributed by atoms with E-state index < -0.39 is 11.6 Å². The van der Waals surface area contributed by atoms with Crippen molar-refractivity contribution in [1.29, 1.82) is 0 Å². The van der Waals surface area contributed by atoms with Crippen molar-refractivity contribution in [2.24, 2.45) is 5.92 Å². The standard InChI is InChI=1S/C25H28F2N2O/c26-22-11-4-12-23(27)21(22)17-25(30)29-15-6-10-20-18-28(16-13-24(20)29)14-5-9-19-7-2-1-3-8-19/h1-5,7-9,11-12,20,24H,6,10,13-18H2/b9-5+/t20-,24-/m1/s1. The van der Waals surface area contributed by atoms with E-state index in [1.54, 1.807) is 0 Å². The molecular weight excluding hydrogens is 382 g/mol. The number of hydrogen-bond donors (Lipinski definition) is 0. The van der Waals surface area contributed by atoms with Gasteiger partial charge in [-0.1, -0.05) is 48.6 Å². The lowest BCUT2D eigenvalue weighted by atomic mass is 9.83. The molecular formula is C25H28F2N2O. The first-order chi connectivity index (χ1) is 14.6. The van der Waals surface area contributed by atoms with Gasteiger partial charge in [0.25, 0.3) is 0 Å². The monoisotopic (exact) mass is 410 g/mol. The molecule has 2 aliphatic heterocycles. The summed E-state index contributed by atoms with van der Waals surface area (Å²) in [5.74, 6) is -1.02. The molecule has 0 bridgehead atoms. The second-order valence-electron chi connectivity index (χ2n) is 8.30. The van der Waals surface area contributed by atoms with Crippen molar-refractivity contribution in [3.05, 3.63) is 77.4 Å². The van der Waals surface area contributed by atoms with Crippen LogP contribution in [0.2, 0.25) is 0 Å². The molecule has 2 aliphatic rings. The molecule has 4 rings (SSSR count). The summed E-state index contributed by atoms with van der Waals surface area (Å²) < 4.78 is 28.0. The fraction of sp³-hybridized carbons (Fsp3) is 0.400. The Labute approximate surface area is 177 Å². The number of carbonyl (C=O) groups is 1. The summed E-state index contributed by atoms with van der Waals surface area (Å²) in [6.07, 6.45) is 7.09. The predicted molar refractivity (Wildman–Crippen MR) is 115 cm³/mol. The Hall–Kier alpha value is -2.53. The molecule has 158 valence electrons. The van der Waals surface area contributed by atoms with E-state index in [9.17, 15) is 13.6 Å². The average molecular weight is 411 g/mol. The van der Waals surface area contributed by atoms with Crippen molar-refractivity contribution in [3.63, 3.8) is 0 Å². The molecule has 1 amide bonds. The molecule has 5 heteroatoms. The van der Waals surface area contributed by atoms with E-state index in [2.05, 4.69) is 29.2 Å². The van der Waals surface area contributed by atoms with Crippen molar-refractivity contribution < 1.29 is 13.6 Å². The van der Waals surface area contributed by atoms with Gasteiger partial charge in [-0.25, -0.2) is 8.78 Å². The third kappa shape index (κ3) is 4.78. The van der Waals surface area contributed by atoms with Gasteiger partial charge >= 0.3 is 0 Å². The van der Waals surface area contributed by atoms with E-state index >= 15 is 0 Å². The number of benzene rings is 2. The van der Waals surface area contributed by atoms with E-state index in [0.29, 0.717) is 12.5 Å². The first-order valence-corrected chi connectivity index (χ1v) is 10.8. The van der Waals surface area contributed by atoms with Gasteiger partial charge in [-0.05, 0) is 42.9 Å². The molecule has 30 heavy (non-hydrogen) atoms. The summed E-state index contributed by atoms with van der Waals surface area (Å²) in [6.45, 7) is 3.47. The van der Waals surface area contributed by atoms with Gasteiger partial charge in [0, 0.05) is 37.8 Å². The fourth-order valence-electron chi connectivity index (χ4n) is 4.81. The zero-order valence-electron chi connectivity index (χ0n) is 17.1. The van der Waals surface area contributed by atoms with Crippen LogP contribution in [-0.2, 0) is 11.2 Å². The van der Waals surface area contributed by atoms with Gasteiger partial charge in [-0.15, -0.1) is 0 Å². The predicted octanol–water partition coefficient (Wildman–Crippen LogP) is 4.53. The van der Waals surface area contributed by atoms with Crippen molar-refractivity contribution in [2.45, 2.75) is 31.7 Å². The smallest absolute Gasteiger partial charge is 0.227 e. The molecule has 2 aromatic rings. The Morgan fingerprint density at radius 3 is 2.53 bits per heavy atom. The maximum atomic E-state index is 14.0. The first-order valence-electron chi connectivity index (χ1n) is 10.8. The number of nitrogens with zero attached hydrogens (tertiary/aromatic N) is 2. The maximum absolute atomic E-state index is 14.0. The van der Waals surface area contributed by atoms with Crippen molar-refractivity contribution >= 4 is 12.0 Å². The molecule has 2 heterocycles. The summed E-state index contributed by atoms with van der Waals surface area (Å²) in [5, 5.41) is 0. The molecule has 0 saturated carbocycles. The molecule has 0 N–H and O–H groups in total. The number of halogens is 2. The Morgan fingerprint density at radius 2 is 1.77 bits per heavy atom. The molecule has 0 radical (unpaired) electrons. The lowest BCUT2D eigenvalue weighted by Gasteiger charge is -2.47. The zero-order valence-corrected chi connectivity index (χ0v) is 17.1. The molecule has 2 fully saturated rings. The summed E-state index contributed by atoms with van der Waals surface area (Å²) in [5.41, 5.74) is 1.08.